The van der Waals surface area contributed by atoms with Crippen LogP contribution in [0.3, 0.4) is 0 Å². The first kappa shape index (κ1) is 30.0. The molecule has 11 rings (SSSR count). The Morgan fingerprint density at radius 3 is 1.89 bits per heavy atom. The summed E-state index contributed by atoms with van der Waals surface area (Å²) in [6.07, 6.45) is 4.42. The molecule has 10 aromatic rings. The lowest BCUT2D eigenvalue weighted by Gasteiger charge is -2.20. The van der Waals surface area contributed by atoms with Gasteiger partial charge < -0.3 is 4.42 Å². The predicted octanol–water partition coefficient (Wildman–Crippen LogP) is 14.5. The number of allylic oxidation sites excluding steroid dienone is 1. The zero-order valence-corrected chi connectivity index (χ0v) is 29.1. The summed E-state index contributed by atoms with van der Waals surface area (Å²) in [6, 6.07) is 64.6. The maximum Gasteiger partial charge on any atom is 0.135 e. The molecule has 0 saturated heterocycles. The highest BCUT2D eigenvalue weighted by Crippen LogP contribution is 2.41. The van der Waals surface area contributed by atoms with Crippen molar-refractivity contribution in [3.8, 4) is 33.4 Å². The van der Waals surface area contributed by atoms with Crippen LogP contribution in [0.1, 0.15) is 23.1 Å². The van der Waals surface area contributed by atoms with Crippen molar-refractivity contribution in [2.75, 3.05) is 0 Å². The maximum absolute atomic E-state index is 6.22. The number of aryl methyl sites for hydroxylation is 1. The standard InChI is InChI=1S/C52H34O/c1-2-10-34-25-35(18-17-33(34)9-1)36-19-20-38-27-39(22-21-37(38)26-36)42-28-43(40-23-24-52-50(31-40)48-15-7-8-16-51(48)53-52)30-44(29-42)49-32-41-11-3-4-12-45(41)46-13-5-6-14-47(46)49/h1-20,23-32H,21-22H2. The summed E-state index contributed by atoms with van der Waals surface area (Å²) in [6.45, 7) is 0. The van der Waals surface area contributed by atoms with Crippen LogP contribution in [-0.2, 0) is 6.42 Å². The molecule has 0 bridgehead atoms. The van der Waals surface area contributed by atoms with E-state index in [1.165, 1.54) is 88.0 Å². The van der Waals surface area contributed by atoms with Crippen LogP contribution in [0, 0.1) is 0 Å². The second-order valence-corrected chi connectivity index (χ2v) is 14.4. The lowest BCUT2D eigenvalue weighted by atomic mass is 9.84. The third-order valence-corrected chi connectivity index (χ3v) is 11.3. The Hall–Kier alpha value is -6.70. The van der Waals surface area contributed by atoms with Crippen LogP contribution in [0.25, 0.3) is 99.3 Å². The Balaban J connectivity index is 1.07. The Kier molecular flexibility index (Phi) is 6.75. The van der Waals surface area contributed by atoms with Gasteiger partial charge in [-0.1, -0.05) is 133 Å². The summed E-state index contributed by atoms with van der Waals surface area (Å²) >= 11 is 0. The van der Waals surface area contributed by atoms with Gasteiger partial charge in [-0.3, -0.25) is 0 Å². The van der Waals surface area contributed by atoms with Gasteiger partial charge in [-0.05, 0) is 149 Å². The average molecular weight is 675 g/mol. The third-order valence-electron chi connectivity index (χ3n) is 11.3. The summed E-state index contributed by atoms with van der Waals surface area (Å²) in [5, 5.41) is 9.95. The number of hydrogen-bond donors (Lipinski definition) is 0. The van der Waals surface area contributed by atoms with Crippen molar-refractivity contribution in [1.29, 1.82) is 0 Å². The molecule has 248 valence electrons. The molecule has 9 aromatic carbocycles. The van der Waals surface area contributed by atoms with Gasteiger partial charge in [-0.2, -0.15) is 0 Å². The van der Waals surface area contributed by atoms with Crippen molar-refractivity contribution < 1.29 is 4.42 Å². The molecule has 1 nitrogen and oxygen atoms in total. The van der Waals surface area contributed by atoms with Gasteiger partial charge in [0.25, 0.3) is 0 Å². The average Bonchev–Trinajstić information content (AvgIpc) is 3.61. The number of benzene rings is 9. The molecule has 0 fully saturated rings. The highest BCUT2D eigenvalue weighted by atomic mass is 16.3. The molecule has 0 atom stereocenters. The predicted molar refractivity (Wildman–Crippen MR) is 225 cm³/mol. The Morgan fingerprint density at radius 2 is 0.981 bits per heavy atom. The largest absolute Gasteiger partial charge is 0.456 e. The third kappa shape index (κ3) is 5.08. The van der Waals surface area contributed by atoms with Crippen molar-refractivity contribution in [1.82, 2.24) is 0 Å². The molecule has 1 aliphatic carbocycles. The summed E-state index contributed by atoms with van der Waals surface area (Å²) in [5.41, 5.74) is 14.6. The van der Waals surface area contributed by atoms with E-state index >= 15 is 0 Å². The first-order chi connectivity index (χ1) is 26.2. The molecule has 0 radical (unpaired) electrons. The van der Waals surface area contributed by atoms with Gasteiger partial charge in [0.1, 0.15) is 11.2 Å². The minimum atomic E-state index is 0.918. The van der Waals surface area contributed by atoms with Gasteiger partial charge in [0.15, 0.2) is 0 Å². The van der Waals surface area contributed by atoms with Crippen LogP contribution in [0.15, 0.2) is 180 Å². The quantitative estimate of drug-likeness (QED) is 0.169. The van der Waals surface area contributed by atoms with E-state index in [9.17, 15) is 0 Å². The van der Waals surface area contributed by atoms with Gasteiger partial charge in [0, 0.05) is 10.8 Å². The molecule has 1 aromatic heterocycles. The van der Waals surface area contributed by atoms with Crippen molar-refractivity contribution in [2.45, 2.75) is 12.8 Å². The SMILES string of the molecule is C1=C(c2cc(-c3ccc4oc5ccccc5c4c3)cc(-c3cc4ccccc4c4ccccc34)c2)CCc2cc(-c3ccc4ccccc4c3)ccc21. The number of para-hydroxylation sites is 1. The van der Waals surface area contributed by atoms with E-state index in [-0.39, 0.29) is 0 Å². The van der Waals surface area contributed by atoms with E-state index in [0.717, 1.165) is 34.8 Å². The smallest absolute Gasteiger partial charge is 0.135 e. The molecule has 0 amide bonds. The van der Waals surface area contributed by atoms with Gasteiger partial charge in [0.2, 0.25) is 0 Å². The van der Waals surface area contributed by atoms with Crippen molar-refractivity contribution in [3.63, 3.8) is 0 Å². The normalized spacial score (nSPS) is 12.9. The highest BCUT2D eigenvalue weighted by molar-refractivity contribution is 6.14. The molecule has 1 aliphatic rings. The fourth-order valence-corrected chi connectivity index (χ4v) is 8.60. The summed E-state index contributed by atoms with van der Waals surface area (Å²) in [4.78, 5) is 0. The number of hydrogen-bond acceptors (Lipinski definition) is 1. The molecule has 0 aliphatic heterocycles. The topological polar surface area (TPSA) is 13.1 Å². The van der Waals surface area contributed by atoms with Crippen molar-refractivity contribution in [3.05, 3.63) is 193 Å². The van der Waals surface area contributed by atoms with Crippen molar-refractivity contribution >= 4 is 65.9 Å². The molecule has 1 heterocycles. The summed E-state index contributed by atoms with van der Waals surface area (Å²) < 4.78 is 6.22. The molecular weight excluding hydrogens is 641 g/mol. The molecule has 0 saturated carbocycles. The van der Waals surface area contributed by atoms with E-state index in [2.05, 4.69) is 176 Å². The molecule has 53 heavy (non-hydrogen) atoms. The lowest BCUT2D eigenvalue weighted by Crippen LogP contribution is -2.00. The first-order valence-electron chi connectivity index (χ1n) is 18.5. The zero-order chi connectivity index (χ0) is 34.9. The van der Waals surface area contributed by atoms with Gasteiger partial charge >= 0.3 is 0 Å². The Bertz CT molecular complexity index is 3120. The first-order valence-corrected chi connectivity index (χ1v) is 18.5. The highest BCUT2D eigenvalue weighted by Gasteiger charge is 2.18. The van der Waals surface area contributed by atoms with E-state index in [1.54, 1.807) is 0 Å². The lowest BCUT2D eigenvalue weighted by molar-refractivity contribution is 0.669. The van der Waals surface area contributed by atoms with Gasteiger partial charge in [-0.25, -0.2) is 0 Å². The number of rotatable bonds is 4. The van der Waals surface area contributed by atoms with E-state index in [1.807, 2.05) is 6.07 Å². The fraction of sp³-hybridized carbons (Fsp3) is 0.0385. The number of fused-ring (bicyclic) bond motifs is 8. The van der Waals surface area contributed by atoms with Crippen LogP contribution in [0.5, 0.6) is 0 Å². The van der Waals surface area contributed by atoms with E-state index in [4.69, 9.17) is 4.42 Å². The van der Waals surface area contributed by atoms with Crippen LogP contribution in [0.2, 0.25) is 0 Å². The number of furan rings is 1. The molecule has 0 spiro atoms. The van der Waals surface area contributed by atoms with Crippen LogP contribution in [-0.4, -0.2) is 0 Å². The molecular formula is C52H34O. The van der Waals surface area contributed by atoms with Crippen LogP contribution < -0.4 is 0 Å². The van der Waals surface area contributed by atoms with Crippen LogP contribution >= 0.6 is 0 Å². The summed E-state index contributed by atoms with van der Waals surface area (Å²) in [7, 11) is 0. The van der Waals surface area contributed by atoms with E-state index in [0.29, 0.717) is 0 Å². The fourth-order valence-electron chi connectivity index (χ4n) is 8.60. The Morgan fingerprint density at radius 1 is 0.340 bits per heavy atom. The van der Waals surface area contributed by atoms with Crippen molar-refractivity contribution in [2.24, 2.45) is 0 Å². The Labute approximate surface area is 308 Å². The minimum Gasteiger partial charge on any atom is -0.456 e. The molecule has 0 unspecified atom stereocenters. The monoisotopic (exact) mass is 674 g/mol. The molecule has 1 heteroatoms. The van der Waals surface area contributed by atoms with Crippen LogP contribution in [0.4, 0.5) is 0 Å². The zero-order valence-electron chi connectivity index (χ0n) is 29.1. The summed E-state index contributed by atoms with van der Waals surface area (Å²) in [5.74, 6) is 0. The van der Waals surface area contributed by atoms with E-state index < -0.39 is 0 Å². The second kappa shape index (κ2) is 11.9. The van der Waals surface area contributed by atoms with Gasteiger partial charge in [-0.15, -0.1) is 0 Å². The minimum absolute atomic E-state index is 0.918. The molecule has 0 N–H and O–H groups in total. The van der Waals surface area contributed by atoms with Gasteiger partial charge in [0.05, 0.1) is 0 Å². The maximum atomic E-state index is 6.22. The second-order valence-electron chi connectivity index (χ2n) is 14.4.